The minimum absolute atomic E-state index is 0.0788. The number of aliphatic imine (C=N–C) groups is 1. The minimum Gasteiger partial charge on any atom is -0.507 e. The summed E-state index contributed by atoms with van der Waals surface area (Å²) in [6.07, 6.45) is 20.9. The van der Waals surface area contributed by atoms with Crippen LogP contribution in [0.25, 0.3) is 0 Å². The molecule has 0 aromatic heterocycles. The minimum atomic E-state index is -0.821. The number of benzene rings is 1. The smallest absolute Gasteiger partial charge is 0.245 e. The number of carbonyl (C=O) groups is 3. The van der Waals surface area contributed by atoms with Crippen molar-refractivity contribution in [2.45, 2.75) is 148 Å². The number of para-hydroxylation sites is 1. The zero-order valence-electron chi connectivity index (χ0n) is 27.3. The molecular weight excluding hydrogens is 540 g/mol. The molecule has 0 aliphatic heterocycles. The summed E-state index contributed by atoms with van der Waals surface area (Å²) < 4.78 is 0. The van der Waals surface area contributed by atoms with E-state index in [1.54, 1.807) is 31.2 Å². The first-order chi connectivity index (χ1) is 20.9. The summed E-state index contributed by atoms with van der Waals surface area (Å²) in [6, 6.07) is 5.16. The summed E-state index contributed by atoms with van der Waals surface area (Å²) in [5.74, 6) is -0.707. The molecule has 0 saturated heterocycles. The van der Waals surface area contributed by atoms with E-state index in [0.29, 0.717) is 18.7 Å². The summed E-state index contributed by atoms with van der Waals surface area (Å²) in [5.41, 5.74) is 0.509. The Bertz CT molecular complexity index is 921. The van der Waals surface area contributed by atoms with Crippen molar-refractivity contribution in [2.24, 2.45) is 4.99 Å². The Kier molecular flexibility index (Phi) is 22.7. The van der Waals surface area contributed by atoms with Gasteiger partial charge in [0.15, 0.2) is 0 Å². The van der Waals surface area contributed by atoms with Crippen LogP contribution in [0.5, 0.6) is 5.75 Å². The van der Waals surface area contributed by atoms with Gasteiger partial charge in [-0.25, -0.2) is 0 Å². The van der Waals surface area contributed by atoms with E-state index in [-0.39, 0.29) is 30.4 Å². The third kappa shape index (κ3) is 19.8. The van der Waals surface area contributed by atoms with Gasteiger partial charge in [0.05, 0.1) is 0 Å². The Morgan fingerprint density at radius 3 is 1.81 bits per heavy atom. The maximum atomic E-state index is 13.0. The molecule has 244 valence electrons. The van der Waals surface area contributed by atoms with Crippen LogP contribution in [0.4, 0.5) is 0 Å². The fourth-order valence-corrected chi connectivity index (χ4v) is 4.86. The quantitative estimate of drug-likeness (QED) is 0.0677. The maximum absolute atomic E-state index is 13.0. The second-order valence-corrected chi connectivity index (χ2v) is 11.7. The molecule has 4 N–H and O–H groups in total. The van der Waals surface area contributed by atoms with E-state index in [0.717, 1.165) is 32.1 Å². The Balaban J connectivity index is 2.53. The predicted octanol–water partition coefficient (Wildman–Crippen LogP) is 6.98. The monoisotopic (exact) mass is 600 g/mol. The fraction of sp³-hybridized carbons (Fsp3) is 0.714. The highest BCUT2D eigenvalue weighted by atomic mass is 16.3. The van der Waals surface area contributed by atoms with Gasteiger partial charge in [0, 0.05) is 31.3 Å². The molecule has 8 nitrogen and oxygen atoms in total. The zero-order chi connectivity index (χ0) is 31.5. The van der Waals surface area contributed by atoms with Crippen molar-refractivity contribution >= 4 is 23.9 Å². The van der Waals surface area contributed by atoms with Crippen LogP contribution in [0.2, 0.25) is 0 Å². The Morgan fingerprint density at radius 2 is 1.26 bits per heavy atom. The Morgan fingerprint density at radius 1 is 0.744 bits per heavy atom. The van der Waals surface area contributed by atoms with Gasteiger partial charge in [0.25, 0.3) is 0 Å². The largest absolute Gasteiger partial charge is 0.507 e. The van der Waals surface area contributed by atoms with Crippen LogP contribution in [0.3, 0.4) is 0 Å². The molecule has 1 aromatic carbocycles. The van der Waals surface area contributed by atoms with Crippen molar-refractivity contribution in [2.75, 3.05) is 13.1 Å². The van der Waals surface area contributed by atoms with E-state index < -0.39 is 18.0 Å². The molecule has 0 heterocycles. The number of carbonyl (C=O) groups excluding carboxylic acids is 3. The number of rotatable bonds is 26. The van der Waals surface area contributed by atoms with Crippen LogP contribution in [0.1, 0.15) is 142 Å². The topological polar surface area (TPSA) is 120 Å². The third-order valence-electron chi connectivity index (χ3n) is 7.73. The molecule has 0 saturated carbocycles. The highest BCUT2D eigenvalue weighted by molar-refractivity contribution is 5.92. The molecule has 8 heteroatoms. The number of aromatic hydroxyl groups is 1. The Labute approximate surface area is 261 Å². The van der Waals surface area contributed by atoms with Crippen molar-refractivity contribution < 1.29 is 19.5 Å². The number of nitrogens with zero attached hydrogens (tertiary/aromatic N) is 1. The van der Waals surface area contributed by atoms with Crippen LogP contribution in [0.15, 0.2) is 29.3 Å². The number of nitrogens with one attached hydrogen (secondary N) is 3. The summed E-state index contributed by atoms with van der Waals surface area (Å²) >= 11 is 0. The third-order valence-corrected chi connectivity index (χ3v) is 7.73. The lowest BCUT2D eigenvalue weighted by molar-refractivity contribution is -0.130. The van der Waals surface area contributed by atoms with Gasteiger partial charge in [-0.15, -0.1) is 0 Å². The van der Waals surface area contributed by atoms with Crippen LogP contribution in [-0.2, 0) is 14.4 Å². The first-order valence-corrected chi connectivity index (χ1v) is 17.0. The second-order valence-electron chi connectivity index (χ2n) is 11.7. The van der Waals surface area contributed by atoms with Crippen molar-refractivity contribution in [1.29, 1.82) is 0 Å². The van der Waals surface area contributed by atoms with Gasteiger partial charge in [0.1, 0.15) is 17.8 Å². The second kappa shape index (κ2) is 25.6. The lowest BCUT2D eigenvalue weighted by Crippen LogP contribution is -2.49. The molecule has 3 amide bonds. The van der Waals surface area contributed by atoms with Gasteiger partial charge in [-0.1, -0.05) is 116 Å². The van der Waals surface area contributed by atoms with E-state index in [9.17, 15) is 19.5 Å². The number of phenolic OH excluding ortho intramolecular Hbond substituents is 1. The van der Waals surface area contributed by atoms with Crippen LogP contribution >= 0.6 is 0 Å². The van der Waals surface area contributed by atoms with Crippen molar-refractivity contribution in [3.63, 3.8) is 0 Å². The summed E-state index contributed by atoms with van der Waals surface area (Å²) in [5, 5.41) is 18.7. The standard InChI is InChI=1S/C35H60N4O4/c1-4-6-8-10-12-14-16-20-26-36-33(41)25-24-31(35(43)37-27-21-17-15-13-11-9-7-5-2)39-34(42)29(3)38-28-30-22-18-19-23-32(30)40/h18-19,22-23,28-29,31,40H,4-17,20-21,24-27H2,1-3H3,(H,36,41)(H,37,43)(H,39,42)/t29-,31-/m0/s1. The molecule has 43 heavy (non-hydrogen) atoms. The van der Waals surface area contributed by atoms with E-state index in [4.69, 9.17) is 0 Å². The molecule has 0 spiro atoms. The highest BCUT2D eigenvalue weighted by Crippen LogP contribution is 2.13. The van der Waals surface area contributed by atoms with Crippen molar-refractivity contribution in [3.05, 3.63) is 29.8 Å². The number of amides is 3. The highest BCUT2D eigenvalue weighted by Gasteiger charge is 2.23. The molecule has 0 bridgehead atoms. The molecule has 1 rings (SSSR count). The van der Waals surface area contributed by atoms with Crippen LogP contribution in [-0.4, -0.2) is 54.2 Å². The normalized spacial score (nSPS) is 12.6. The SMILES string of the molecule is CCCCCCCCCCNC(=O)CC[C@H](NC(=O)[C@H](C)N=Cc1ccccc1O)C(=O)NCCCCCCCCCC. The number of hydrogen-bond donors (Lipinski definition) is 4. The van der Waals surface area contributed by atoms with Gasteiger partial charge < -0.3 is 21.1 Å². The first-order valence-electron chi connectivity index (χ1n) is 17.0. The Hall–Kier alpha value is -2.90. The van der Waals surface area contributed by atoms with E-state index in [1.807, 2.05) is 0 Å². The van der Waals surface area contributed by atoms with Gasteiger partial charge in [-0.3, -0.25) is 19.4 Å². The zero-order valence-corrected chi connectivity index (χ0v) is 27.3. The number of hydrogen-bond acceptors (Lipinski definition) is 5. The van der Waals surface area contributed by atoms with Gasteiger partial charge in [-0.05, 0) is 38.3 Å². The average molecular weight is 601 g/mol. The molecule has 0 aliphatic carbocycles. The summed E-state index contributed by atoms with van der Waals surface area (Å²) in [7, 11) is 0. The van der Waals surface area contributed by atoms with Crippen molar-refractivity contribution in [1.82, 2.24) is 16.0 Å². The van der Waals surface area contributed by atoms with Crippen LogP contribution < -0.4 is 16.0 Å². The van der Waals surface area contributed by atoms with Gasteiger partial charge in [-0.2, -0.15) is 0 Å². The maximum Gasteiger partial charge on any atom is 0.245 e. The van der Waals surface area contributed by atoms with E-state index in [1.165, 1.54) is 76.8 Å². The van der Waals surface area contributed by atoms with Gasteiger partial charge >= 0.3 is 0 Å². The molecular formula is C35H60N4O4. The fourth-order valence-electron chi connectivity index (χ4n) is 4.86. The average Bonchev–Trinajstić information content (AvgIpc) is 3.00. The molecule has 1 aromatic rings. The molecule has 0 radical (unpaired) electrons. The molecule has 0 fully saturated rings. The summed E-state index contributed by atoms with van der Waals surface area (Å²) in [4.78, 5) is 42.7. The number of unbranched alkanes of at least 4 members (excludes halogenated alkanes) is 14. The van der Waals surface area contributed by atoms with Crippen LogP contribution in [0, 0.1) is 0 Å². The molecule has 2 atom stereocenters. The number of phenols is 1. The van der Waals surface area contributed by atoms with Crippen molar-refractivity contribution in [3.8, 4) is 5.75 Å². The van der Waals surface area contributed by atoms with E-state index >= 15 is 0 Å². The molecule has 0 unspecified atom stereocenters. The summed E-state index contributed by atoms with van der Waals surface area (Å²) in [6.45, 7) is 7.25. The lowest BCUT2D eigenvalue weighted by Gasteiger charge is -2.20. The predicted molar refractivity (Wildman–Crippen MR) is 178 cm³/mol. The first kappa shape index (κ1) is 38.1. The van der Waals surface area contributed by atoms with Gasteiger partial charge in [0.2, 0.25) is 17.7 Å². The lowest BCUT2D eigenvalue weighted by atomic mass is 10.1. The molecule has 0 aliphatic rings. The van der Waals surface area contributed by atoms with E-state index in [2.05, 4.69) is 34.8 Å².